The zero-order chi connectivity index (χ0) is 8.49. The zero-order valence-electron chi connectivity index (χ0n) is 7.63. The second kappa shape index (κ2) is 6.90. The van der Waals surface area contributed by atoms with E-state index in [9.17, 15) is 0 Å². The molecule has 0 aromatic heterocycles. The van der Waals surface area contributed by atoms with Crippen LogP contribution in [0.2, 0.25) is 0 Å². The first-order chi connectivity index (χ1) is 6.00. The molecule has 1 aliphatic carbocycles. The molecule has 0 spiro atoms. The van der Waals surface area contributed by atoms with Crippen LogP contribution in [0.3, 0.4) is 0 Å². The molecule has 1 aliphatic rings. The van der Waals surface area contributed by atoms with Crippen LogP contribution in [0, 0.1) is 6.08 Å². The lowest BCUT2D eigenvalue weighted by Gasteiger charge is -1.95. The van der Waals surface area contributed by atoms with Crippen LogP contribution in [0.5, 0.6) is 0 Å². The smallest absolute Gasteiger partial charge is 0.0160 e. The van der Waals surface area contributed by atoms with Gasteiger partial charge in [-0.1, -0.05) is 36.8 Å². The van der Waals surface area contributed by atoms with E-state index in [0.717, 1.165) is 12.8 Å². The van der Waals surface area contributed by atoms with Gasteiger partial charge in [0.1, 0.15) is 0 Å². The fourth-order valence-electron chi connectivity index (χ4n) is 1.25. The summed E-state index contributed by atoms with van der Waals surface area (Å²) in [6, 6.07) is 0. The molecule has 0 bridgehead atoms. The van der Waals surface area contributed by atoms with Gasteiger partial charge in [0, 0.05) is 0 Å². The molecule has 0 saturated carbocycles. The highest BCUT2D eigenvalue weighted by Gasteiger charge is 1.86. The van der Waals surface area contributed by atoms with Gasteiger partial charge in [0.15, 0.2) is 0 Å². The van der Waals surface area contributed by atoms with E-state index < -0.39 is 0 Å². The molecular formula is C12H17. The number of rotatable bonds is 0. The summed E-state index contributed by atoms with van der Waals surface area (Å²) in [6.07, 6.45) is 21.5. The molecule has 0 unspecified atom stereocenters. The fraction of sp³-hybridized carbons (Fsp3) is 0.500. The van der Waals surface area contributed by atoms with E-state index in [2.05, 4.69) is 36.5 Å². The van der Waals surface area contributed by atoms with E-state index in [-0.39, 0.29) is 0 Å². The van der Waals surface area contributed by atoms with Gasteiger partial charge >= 0.3 is 0 Å². The molecule has 0 N–H and O–H groups in total. The maximum absolute atomic E-state index is 3.30. The van der Waals surface area contributed by atoms with E-state index in [1.165, 1.54) is 25.7 Å². The summed E-state index contributed by atoms with van der Waals surface area (Å²) in [4.78, 5) is 0. The Balaban J connectivity index is 2.31. The number of hydrogen-bond acceptors (Lipinski definition) is 0. The molecule has 0 amide bonds. The van der Waals surface area contributed by atoms with Gasteiger partial charge in [-0.3, -0.25) is 0 Å². The van der Waals surface area contributed by atoms with E-state index in [4.69, 9.17) is 0 Å². The maximum atomic E-state index is 3.30. The Morgan fingerprint density at radius 1 is 0.917 bits per heavy atom. The van der Waals surface area contributed by atoms with Crippen molar-refractivity contribution in [2.24, 2.45) is 0 Å². The Kier molecular flexibility index (Phi) is 5.35. The molecule has 0 nitrogen and oxygen atoms in total. The zero-order valence-corrected chi connectivity index (χ0v) is 7.63. The van der Waals surface area contributed by atoms with Crippen LogP contribution in [-0.4, -0.2) is 0 Å². The normalized spacial score (nSPS) is 28.0. The lowest BCUT2D eigenvalue weighted by atomic mass is 10.1. The van der Waals surface area contributed by atoms with E-state index >= 15 is 0 Å². The molecule has 0 aromatic rings. The third kappa shape index (κ3) is 4.95. The minimum absolute atomic E-state index is 1.03. The average molecular weight is 161 g/mol. The summed E-state index contributed by atoms with van der Waals surface area (Å²) >= 11 is 0. The summed E-state index contributed by atoms with van der Waals surface area (Å²) in [5, 5.41) is 0. The Hall–Kier alpha value is -0.780. The first-order valence-corrected chi connectivity index (χ1v) is 4.87. The number of allylic oxidation sites excluding steroid dienone is 6. The molecule has 0 fully saturated rings. The third-order valence-electron chi connectivity index (χ3n) is 1.97. The topological polar surface area (TPSA) is 0 Å². The molecule has 0 atom stereocenters. The molecular weight excluding hydrogens is 144 g/mol. The monoisotopic (exact) mass is 161 g/mol. The molecule has 65 valence electrons. The standard InChI is InChI=1S/C12H17/c1-2-4-6-8-10-12-11-9-7-5-3-1/h1-4,7H,5-6,8,10-12H2/b3-1-,4-2+,9-7?. The van der Waals surface area contributed by atoms with E-state index in [0.29, 0.717) is 0 Å². The Bertz CT molecular complexity index is 172. The molecule has 0 saturated heterocycles. The Morgan fingerprint density at radius 2 is 1.83 bits per heavy atom. The van der Waals surface area contributed by atoms with Gasteiger partial charge in [-0.2, -0.15) is 0 Å². The molecule has 0 heteroatoms. The van der Waals surface area contributed by atoms with Gasteiger partial charge in [0.05, 0.1) is 0 Å². The van der Waals surface area contributed by atoms with Crippen molar-refractivity contribution in [3.8, 4) is 0 Å². The van der Waals surface area contributed by atoms with Gasteiger partial charge in [0.2, 0.25) is 0 Å². The summed E-state index contributed by atoms with van der Waals surface area (Å²) in [5.41, 5.74) is 0. The first-order valence-electron chi connectivity index (χ1n) is 4.87. The van der Waals surface area contributed by atoms with Crippen LogP contribution in [0.1, 0.15) is 38.5 Å². The average Bonchev–Trinajstić information content (AvgIpc) is 2.05. The lowest BCUT2D eigenvalue weighted by molar-refractivity contribution is 0.690. The Labute approximate surface area is 75.7 Å². The van der Waals surface area contributed by atoms with Crippen LogP contribution in [0.25, 0.3) is 0 Å². The number of hydrogen-bond donors (Lipinski definition) is 0. The maximum Gasteiger partial charge on any atom is -0.0160 e. The largest absolute Gasteiger partial charge is 0.0845 e. The molecule has 0 aliphatic heterocycles. The third-order valence-corrected chi connectivity index (χ3v) is 1.97. The van der Waals surface area contributed by atoms with Crippen molar-refractivity contribution in [1.82, 2.24) is 0 Å². The summed E-state index contributed by atoms with van der Waals surface area (Å²) in [7, 11) is 0. The highest BCUT2D eigenvalue weighted by Crippen LogP contribution is 2.05. The fourth-order valence-corrected chi connectivity index (χ4v) is 1.25. The van der Waals surface area contributed by atoms with Crippen molar-refractivity contribution < 1.29 is 0 Å². The minimum Gasteiger partial charge on any atom is -0.0845 e. The van der Waals surface area contributed by atoms with Crippen LogP contribution in [0.15, 0.2) is 30.4 Å². The van der Waals surface area contributed by atoms with Crippen LogP contribution >= 0.6 is 0 Å². The quantitative estimate of drug-likeness (QED) is 0.506. The van der Waals surface area contributed by atoms with Crippen molar-refractivity contribution in [2.75, 3.05) is 0 Å². The molecule has 1 rings (SSSR count). The molecule has 0 heterocycles. The van der Waals surface area contributed by atoms with E-state index in [1.807, 2.05) is 0 Å². The SMILES string of the molecule is [C]1=C/C/C=C\C=C\CCCCC/1. The summed E-state index contributed by atoms with van der Waals surface area (Å²) in [6.45, 7) is 0. The first kappa shape index (κ1) is 9.31. The minimum atomic E-state index is 1.03. The van der Waals surface area contributed by atoms with Crippen LogP contribution in [0.4, 0.5) is 0 Å². The highest BCUT2D eigenvalue weighted by atomic mass is 13.9. The van der Waals surface area contributed by atoms with Gasteiger partial charge in [-0.05, 0) is 38.2 Å². The van der Waals surface area contributed by atoms with Crippen molar-refractivity contribution >= 4 is 0 Å². The van der Waals surface area contributed by atoms with Gasteiger partial charge in [-0.25, -0.2) is 0 Å². The summed E-state index contributed by atoms with van der Waals surface area (Å²) in [5.74, 6) is 0. The van der Waals surface area contributed by atoms with Crippen molar-refractivity contribution in [3.05, 3.63) is 36.5 Å². The van der Waals surface area contributed by atoms with Gasteiger partial charge < -0.3 is 0 Å². The predicted octanol–water partition coefficient (Wildman–Crippen LogP) is 3.81. The molecule has 1 radical (unpaired) electrons. The Morgan fingerprint density at radius 3 is 2.83 bits per heavy atom. The molecule has 0 aromatic carbocycles. The highest BCUT2D eigenvalue weighted by molar-refractivity contribution is 5.04. The van der Waals surface area contributed by atoms with Gasteiger partial charge in [0.25, 0.3) is 0 Å². The van der Waals surface area contributed by atoms with Crippen molar-refractivity contribution in [1.29, 1.82) is 0 Å². The predicted molar refractivity (Wildman–Crippen MR) is 53.8 cm³/mol. The van der Waals surface area contributed by atoms with Crippen LogP contribution in [-0.2, 0) is 0 Å². The van der Waals surface area contributed by atoms with Crippen molar-refractivity contribution in [2.45, 2.75) is 38.5 Å². The lowest BCUT2D eigenvalue weighted by Crippen LogP contribution is -1.76. The molecule has 12 heavy (non-hydrogen) atoms. The van der Waals surface area contributed by atoms with Gasteiger partial charge in [-0.15, -0.1) is 0 Å². The van der Waals surface area contributed by atoms with Crippen LogP contribution < -0.4 is 0 Å². The second-order valence-corrected chi connectivity index (χ2v) is 3.10. The second-order valence-electron chi connectivity index (χ2n) is 3.10. The van der Waals surface area contributed by atoms with Crippen molar-refractivity contribution in [3.63, 3.8) is 0 Å². The summed E-state index contributed by atoms with van der Waals surface area (Å²) < 4.78 is 0. The van der Waals surface area contributed by atoms with E-state index in [1.54, 1.807) is 0 Å².